The SMILES string of the molecule is CCCc1ccc2[nH]cc(C(N)=O)c(=O)c2c1. The van der Waals surface area contributed by atoms with Crippen molar-refractivity contribution in [1.82, 2.24) is 4.98 Å². The Kier molecular flexibility index (Phi) is 2.95. The van der Waals surface area contributed by atoms with Gasteiger partial charge in [-0.25, -0.2) is 0 Å². The number of aromatic amines is 1. The molecule has 4 nitrogen and oxygen atoms in total. The zero-order valence-electron chi connectivity index (χ0n) is 9.62. The molecule has 17 heavy (non-hydrogen) atoms. The van der Waals surface area contributed by atoms with Gasteiger partial charge in [-0.3, -0.25) is 9.59 Å². The molecule has 0 spiro atoms. The van der Waals surface area contributed by atoms with E-state index in [1.807, 2.05) is 18.2 Å². The predicted molar refractivity (Wildman–Crippen MR) is 67.1 cm³/mol. The fourth-order valence-electron chi connectivity index (χ4n) is 1.89. The summed E-state index contributed by atoms with van der Waals surface area (Å²) < 4.78 is 0. The van der Waals surface area contributed by atoms with Crippen molar-refractivity contribution >= 4 is 16.8 Å². The number of nitrogens with two attached hydrogens (primary N) is 1. The molecule has 3 N–H and O–H groups in total. The Labute approximate surface area is 98.5 Å². The van der Waals surface area contributed by atoms with Crippen molar-refractivity contribution in [3.8, 4) is 0 Å². The maximum atomic E-state index is 12.0. The molecule has 0 unspecified atom stereocenters. The highest BCUT2D eigenvalue weighted by atomic mass is 16.2. The summed E-state index contributed by atoms with van der Waals surface area (Å²) in [6, 6.07) is 5.66. The summed E-state index contributed by atoms with van der Waals surface area (Å²) in [7, 11) is 0. The van der Waals surface area contributed by atoms with Gasteiger partial charge < -0.3 is 10.7 Å². The first-order valence-corrected chi connectivity index (χ1v) is 5.57. The van der Waals surface area contributed by atoms with Gasteiger partial charge in [0.2, 0.25) is 5.43 Å². The lowest BCUT2D eigenvalue weighted by Crippen LogP contribution is -2.22. The van der Waals surface area contributed by atoms with E-state index < -0.39 is 5.91 Å². The second-order valence-electron chi connectivity index (χ2n) is 4.03. The van der Waals surface area contributed by atoms with Crippen molar-refractivity contribution < 1.29 is 4.79 Å². The van der Waals surface area contributed by atoms with Crippen LogP contribution in [0.3, 0.4) is 0 Å². The van der Waals surface area contributed by atoms with E-state index in [2.05, 4.69) is 11.9 Å². The molecule has 0 bridgehead atoms. The van der Waals surface area contributed by atoms with E-state index in [0.29, 0.717) is 5.39 Å². The topological polar surface area (TPSA) is 76.0 Å². The maximum Gasteiger partial charge on any atom is 0.254 e. The van der Waals surface area contributed by atoms with E-state index in [-0.39, 0.29) is 11.0 Å². The smallest absolute Gasteiger partial charge is 0.254 e. The summed E-state index contributed by atoms with van der Waals surface area (Å²) in [6.45, 7) is 2.08. The Balaban J connectivity index is 2.69. The van der Waals surface area contributed by atoms with Crippen LogP contribution in [-0.4, -0.2) is 10.9 Å². The van der Waals surface area contributed by atoms with Crippen molar-refractivity contribution in [2.24, 2.45) is 5.73 Å². The summed E-state index contributed by atoms with van der Waals surface area (Å²) in [5, 5.41) is 0.521. The van der Waals surface area contributed by atoms with Gasteiger partial charge in [-0.2, -0.15) is 0 Å². The molecule has 0 saturated heterocycles. The number of aryl methyl sites for hydroxylation is 1. The van der Waals surface area contributed by atoms with Gasteiger partial charge in [-0.1, -0.05) is 19.4 Å². The van der Waals surface area contributed by atoms with E-state index >= 15 is 0 Å². The second kappa shape index (κ2) is 4.41. The Bertz CT molecular complexity index is 629. The number of carbonyl (C=O) groups is 1. The minimum absolute atomic E-state index is 0.00569. The number of primary amides is 1. The average Bonchev–Trinajstić information content (AvgIpc) is 2.30. The van der Waals surface area contributed by atoms with Gasteiger partial charge in [0, 0.05) is 17.1 Å². The van der Waals surface area contributed by atoms with Crippen LogP contribution < -0.4 is 11.2 Å². The molecule has 4 heteroatoms. The highest BCUT2D eigenvalue weighted by Crippen LogP contribution is 2.12. The minimum Gasteiger partial charge on any atom is -0.365 e. The van der Waals surface area contributed by atoms with E-state index in [0.717, 1.165) is 23.9 Å². The van der Waals surface area contributed by atoms with Crippen molar-refractivity contribution in [2.45, 2.75) is 19.8 Å². The monoisotopic (exact) mass is 230 g/mol. The molecule has 2 aromatic rings. The molecule has 1 aromatic heterocycles. The summed E-state index contributed by atoms with van der Waals surface area (Å²) in [5.74, 6) is -0.700. The molecule has 1 amide bonds. The van der Waals surface area contributed by atoms with Gasteiger partial charge in [0.1, 0.15) is 5.56 Å². The van der Waals surface area contributed by atoms with Crippen molar-refractivity contribution in [3.05, 3.63) is 45.7 Å². The lowest BCUT2D eigenvalue weighted by molar-refractivity contribution is 0.0999. The molecule has 0 saturated carbocycles. The van der Waals surface area contributed by atoms with E-state index in [1.54, 1.807) is 0 Å². The zero-order chi connectivity index (χ0) is 12.4. The zero-order valence-corrected chi connectivity index (χ0v) is 9.62. The molecule has 1 aromatic carbocycles. The molecular weight excluding hydrogens is 216 g/mol. The van der Waals surface area contributed by atoms with E-state index in [9.17, 15) is 9.59 Å². The van der Waals surface area contributed by atoms with Crippen molar-refractivity contribution in [3.63, 3.8) is 0 Å². The standard InChI is InChI=1S/C13H14N2O2/c1-2-3-8-4-5-11-9(6-8)12(16)10(7-15-11)13(14)17/h4-7H,2-3H2,1H3,(H2,14,17)(H,15,16). The normalized spacial score (nSPS) is 10.6. The van der Waals surface area contributed by atoms with Crippen LogP contribution in [0.25, 0.3) is 10.9 Å². The number of aromatic nitrogens is 1. The molecule has 1 heterocycles. The van der Waals surface area contributed by atoms with Crippen LogP contribution in [0.2, 0.25) is 0 Å². The molecule has 0 radical (unpaired) electrons. The van der Waals surface area contributed by atoms with Crippen LogP contribution in [0.15, 0.2) is 29.2 Å². The van der Waals surface area contributed by atoms with Crippen LogP contribution in [-0.2, 0) is 6.42 Å². The van der Waals surface area contributed by atoms with Gasteiger partial charge in [-0.15, -0.1) is 0 Å². The first-order chi connectivity index (χ1) is 8.13. The third-order valence-corrected chi connectivity index (χ3v) is 2.75. The Morgan fingerprint density at radius 3 is 2.82 bits per heavy atom. The van der Waals surface area contributed by atoms with Gasteiger partial charge in [0.25, 0.3) is 5.91 Å². The number of rotatable bonds is 3. The van der Waals surface area contributed by atoms with Crippen LogP contribution in [0.4, 0.5) is 0 Å². The highest BCUT2D eigenvalue weighted by molar-refractivity contribution is 5.96. The Morgan fingerprint density at radius 2 is 2.18 bits per heavy atom. The number of pyridine rings is 1. The van der Waals surface area contributed by atoms with Crippen molar-refractivity contribution in [1.29, 1.82) is 0 Å². The van der Waals surface area contributed by atoms with Crippen LogP contribution >= 0.6 is 0 Å². The number of hydrogen-bond acceptors (Lipinski definition) is 2. The summed E-state index contributed by atoms with van der Waals surface area (Å²) >= 11 is 0. The van der Waals surface area contributed by atoms with Crippen LogP contribution in [0.5, 0.6) is 0 Å². The average molecular weight is 230 g/mol. The number of amides is 1. The first kappa shape index (κ1) is 11.4. The van der Waals surface area contributed by atoms with Crippen LogP contribution in [0, 0.1) is 0 Å². The lowest BCUT2D eigenvalue weighted by Gasteiger charge is -2.03. The van der Waals surface area contributed by atoms with Gasteiger partial charge in [0.15, 0.2) is 0 Å². The first-order valence-electron chi connectivity index (χ1n) is 5.57. The van der Waals surface area contributed by atoms with Gasteiger partial charge in [-0.05, 0) is 24.1 Å². The van der Waals surface area contributed by atoms with Gasteiger partial charge in [0.05, 0.1) is 0 Å². The van der Waals surface area contributed by atoms with E-state index in [1.165, 1.54) is 6.20 Å². The third kappa shape index (κ3) is 2.06. The molecule has 0 fully saturated rings. The van der Waals surface area contributed by atoms with E-state index in [4.69, 9.17) is 5.73 Å². The summed E-state index contributed by atoms with van der Waals surface area (Å²) in [4.78, 5) is 26.0. The molecule has 2 rings (SSSR count). The second-order valence-corrected chi connectivity index (χ2v) is 4.03. The number of hydrogen-bond donors (Lipinski definition) is 2. The van der Waals surface area contributed by atoms with Gasteiger partial charge >= 0.3 is 0 Å². The molecule has 0 aliphatic rings. The van der Waals surface area contributed by atoms with Crippen molar-refractivity contribution in [2.75, 3.05) is 0 Å². The minimum atomic E-state index is -0.700. The molecule has 0 aliphatic heterocycles. The molecule has 88 valence electrons. The quantitative estimate of drug-likeness (QED) is 0.839. The lowest BCUT2D eigenvalue weighted by atomic mass is 10.1. The number of carbonyl (C=O) groups excluding carboxylic acids is 1. The fraction of sp³-hybridized carbons (Fsp3) is 0.231. The largest absolute Gasteiger partial charge is 0.365 e. The fourth-order valence-corrected chi connectivity index (χ4v) is 1.89. The number of fused-ring (bicyclic) bond motifs is 1. The maximum absolute atomic E-state index is 12.0. The number of benzene rings is 1. The molecule has 0 atom stereocenters. The molecular formula is C13H14N2O2. The highest BCUT2D eigenvalue weighted by Gasteiger charge is 2.09. The Morgan fingerprint density at radius 1 is 1.41 bits per heavy atom. The van der Waals surface area contributed by atoms with Crippen LogP contribution in [0.1, 0.15) is 29.3 Å². The summed E-state index contributed by atoms with van der Waals surface area (Å²) in [5.41, 5.74) is 6.66. The number of nitrogens with one attached hydrogen (secondary N) is 1. The Hall–Kier alpha value is -2.10. The molecule has 0 aliphatic carbocycles. The summed E-state index contributed by atoms with van der Waals surface area (Å²) in [6.07, 6.45) is 3.29. The third-order valence-electron chi connectivity index (χ3n) is 2.75. The predicted octanol–water partition coefficient (Wildman–Crippen LogP) is 1.58. The number of H-pyrrole nitrogens is 1.